The van der Waals surface area contributed by atoms with E-state index in [-0.39, 0.29) is 17.5 Å². The highest BCUT2D eigenvalue weighted by Crippen LogP contribution is 2.19. The average Bonchev–Trinajstić information content (AvgIpc) is 2.93. The first-order chi connectivity index (χ1) is 17.7. The number of hydrogen-bond acceptors (Lipinski definition) is 3. The van der Waals surface area contributed by atoms with E-state index in [1.807, 2.05) is 36.4 Å². The normalized spacial score (nSPS) is 10.9. The van der Waals surface area contributed by atoms with Gasteiger partial charge in [0, 0.05) is 24.8 Å². The van der Waals surface area contributed by atoms with Crippen molar-refractivity contribution in [3.63, 3.8) is 0 Å². The van der Waals surface area contributed by atoms with Crippen molar-refractivity contribution in [3.8, 4) is 0 Å². The molecule has 5 aromatic rings. The lowest BCUT2D eigenvalue weighted by Crippen LogP contribution is -2.28. The van der Waals surface area contributed by atoms with Gasteiger partial charge in [-0.15, -0.1) is 0 Å². The van der Waals surface area contributed by atoms with Crippen LogP contribution in [0.3, 0.4) is 0 Å². The average molecular weight is 474 g/mol. The minimum atomic E-state index is -0.291. The Labute approximate surface area is 210 Å². The molecule has 0 aliphatic carbocycles. The maximum atomic E-state index is 12.7. The molecule has 4 aromatic carbocycles. The summed E-state index contributed by atoms with van der Waals surface area (Å²) in [5.41, 5.74) is 3.02. The van der Waals surface area contributed by atoms with Crippen LogP contribution in [-0.2, 0) is 12.8 Å². The topological polar surface area (TPSA) is 71.1 Å². The number of nitrogens with zero attached hydrogens (tertiary/aromatic N) is 1. The molecular weight excluding hydrogens is 446 g/mol. The molecule has 0 saturated carbocycles. The summed E-state index contributed by atoms with van der Waals surface area (Å²) in [5.74, 6) is -0.511. The standard InChI is InChI=1S/C31H27N3O2/c35-30(33-19-15-24-11-5-9-22-7-1-3-13-27(22)24)26-17-18-32-29(21-26)31(36)34-20-16-25-12-6-10-23-8-2-4-14-28(23)25/h1-14,17-18,21H,15-16,19-20H2,(H,33,35)(H,34,36). The molecule has 0 fully saturated rings. The van der Waals surface area contributed by atoms with Crippen molar-refractivity contribution >= 4 is 33.4 Å². The van der Waals surface area contributed by atoms with E-state index in [0.29, 0.717) is 25.1 Å². The van der Waals surface area contributed by atoms with Gasteiger partial charge in [-0.1, -0.05) is 84.9 Å². The van der Waals surface area contributed by atoms with Gasteiger partial charge >= 0.3 is 0 Å². The lowest BCUT2D eigenvalue weighted by molar-refractivity contribution is 0.0949. The highest BCUT2D eigenvalue weighted by atomic mass is 16.2. The monoisotopic (exact) mass is 473 g/mol. The maximum Gasteiger partial charge on any atom is 0.269 e. The van der Waals surface area contributed by atoms with E-state index >= 15 is 0 Å². The van der Waals surface area contributed by atoms with E-state index in [1.165, 1.54) is 38.9 Å². The molecule has 2 amide bonds. The molecular formula is C31H27N3O2. The zero-order valence-electron chi connectivity index (χ0n) is 19.9. The Kier molecular flexibility index (Phi) is 6.99. The second-order valence-electron chi connectivity index (χ2n) is 8.72. The van der Waals surface area contributed by atoms with Crippen molar-refractivity contribution in [2.24, 2.45) is 0 Å². The van der Waals surface area contributed by atoms with Gasteiger partial charge in [-0.2, -0.15) is 0 Å². The first kappa shape index (κ1) is 23.2. The fourth-order valence-corrected chi connectivity index (χ4v) is 4.53. The van der Waals surface area contributed by atoms with Crippen molar-refractivity contribution in [1.29, 1.82) is 0 Å². The molecule has 0 aliphatic heterocycles. The predicted octanol–water partition coefficient (Wildman–Crippen LogP) is 5.33. The Balaban J connectivity index is 1.16. The molecule has 0 unspecified atom stereocenters. The summed E-state index contributed by atoms with van der Waals surface area (Å²) >= 11 is 0. The van der Waals surface area contributed by atoms with E-state index in [9.17, 15) is 9.59 Å². The minimum absolute atomic E-state index is 0.220. The highest BCUT2D eigenvalue weighted by Gasteiger charge is 2.12. The van der Waals surface area contributed by atoms with Gasteiger partial charge in [-0.05, 0) is 57.6 Å². The number of amides is 2. The molecule has 36 heavy (non-hydrogen) atoms. The number of pyridine rings is 1. The van der Waals surface area contributed by atoms with Crippen LogP contribution in [0.1, 0.15) is 32.0 Å². The quantitative estimate of drug-likeness (QED) is 0.320. The number of carbonyl (C=O) groups excluding carboxylic acids is 2. The van der Waals surface area contributed by atoms with Gasteiger partial charge in [0.2, 0.25) is 0 Å². The molecule has 1 aromatic heterocycles. The van der Waals surface area contributed by atoms with Gasteiger partial charge in [0.1, 0.15) is 5.69 Å². The van der Waals surface area contributed by atoms with Crippen molar-refractivity contribution in [1.82, 2.24) is 15.6 Å². The van der Waals surface area contributed by atoms with Crippen LogP contribution >= 0.6 is 0 Å². The molecule has 0 atom stereocenters. The van der Waals surface area contributed by atoms with Gasteiger partial charge in [0.25, 0.3) is 11.8 Å². The SMILES string of the molecule is O=C(NCCc1cccc2ccccc12)c1ccnc(C(=O)NCCc2cccc3ccccc23)c1. The van der Waals surface area contributed by atoms with E-state index in [2.05, 4.69) is 64.1 Å². The Morgan fingerprint density at radius 2 is 1.14 bits per heavy atom. The summed E-state index contributed by atoms with van der Waals surface area (Å²) in [6, 6.07) is 32.0. The number of hydrogen-bond donors (Lipinski definition) is 2. The zero-order chi connectivity index (χ0) is 24.7. The summed E-state index contributed by atoms with van der Waals surface area (Å²) in [6.07, 6.45) is 2.93. The van der Waals surface area contributed by atoms with Crippen LogP contribution in [0.4, 0.5) is 0 Å². The van der Waals surface area contributed by atoms with Gasteiger partial charge in [-0.25, -0.2) is 0 Å². The number of aromatic nitrogens is 1. The van der Waals surface area contributed by atoms with E-state index in [4.69, 9.17) is 0 Å². The second-order valence-corrected chi connectivity index (χ2v) is 8.72. The molecule has 5 heteroatoms. The number of benzene rings is 4. The number of nitrogens with one attached hydrogen (secondary N) is 2. The Morgan fingerprint density at radius 1 is 0.611 bits per heavy atom. The maximum absolute atomic E-state index is 12.7. The van der Waals surface area contributed by atoms with E-state index in [1.54, 1.807) is 12.1 Å². The van der Waals surface area contributed by atoms with Gasteiger partial charge < -0.3 is 10.6 Å². The molecule has 0 saturated heterocycles. The molecule has 0 spiro atoms. The van der Waals surface area contributed by atoms with E-state index in [0.717, 1.165) is 6.42 Å². The minimum Gasteiger partial charge on any atom is -0.352 e. The largest absolute Gasteiger partial charge is 0.352 e. The Bertz CT molecular complexity index is 1420. The van der Waals surface area contributed by atoms with Crippen LogP contribution in [0.15, 0.2) is 103 Å². The van der Waals surface area contributed by atoms with E-state index < -0.39 is 0 Å². The van der Waals surface area contributed by atoms with Crippen LogP contribution in [0.25, 0.3) is 21.5 Å². The van der Waals surface area contributed by atoms with Crippen molar-refractivity contribution < 1.29 is 9.59 Å². The molecule has 0 radical (unpaired) electrons. The summed E-state index contributed by atoms with van der Waals surface area (Å²) in [5, 5.41) is 10.6. The van der Waals surface area contributed by atoms with Gasteiger partial charge in [-0.3, -0.25) is 14.6 Å². The summed E-state index contributed by atoms with van der Waals surface area (Å²) in [6.45, 7) is 0.984. The molecule has 2 N–H and O–H groups in total. The molecule has 0 bridgehead atoms. The van der Waals surface area contributed by atoms with Gasteiger partial charge in [0.15, 0.2) is 0 Å². The molecule has 5 nitrogen and oxygen atoms in total. The molecule has 5 rings (SSSR count). The lowest BCUT2D eigenvalue weighted by atomic mass is 10.0. The molecule has 0 aliphatic rings. The zero-order valence-corrected chi connectivity index (χ0v) is 19.9. The fraction of sp³-hybridized carbons (Fsp3) is 0.129. The number of rotatable bonds is 8. The smallest absolute Gasteiger partial charge is 0.269 e. The van der Waals surface area contributed by atoms with Crippen molar-refractivity contribution in [2.45, 2.75) is 12.8 Å². The molecule has 1 heterocycles. The number of carbonyl (C=O) groups is 2. The first-order valence-electron chi connectivity index (χ1n) is 12.1. The third kappa shape index (κ3) is 5.26. The first-order valence-corrected chi connectivity index (χ1v) is 12.1. The van der Waals surface area contributed by atoms with Crippen molar-refractivity contribution in [2.75, 3.05) is 13.1 Å². The van der Waals surface area contributed by atoms with Gasteiger partial charge in [0.05, 0.1) is 0 Å². The second kappa shape index (κ2) is 10.8. The van der Waals surface area contributed by atoms with Crippen LogP contribution < -0.4 is 10.6 Å². The third-order valence-electron chi connectivity index (χ3n) is 6.37. The predicted molar refractivity (Wildman–Crippen MR) is 144 cm³/mol. The number of fused-ring (bicyclic) bond motifs is 2. The summed E-state index contributed by atoms with van der Waals surface area (Å²) in [7, 11) is 0. The summed E-state index contributed by atoms with van der Waals surface area (Å²) < 4.78 is 0. The lowest BCUT2D eigenvalue weighted by Gasteiger charge is -2.10. The highest BCUT2D eigenvalue weighted by molar-refractivity contribution is 5.98. The van der Waals surface area contributed by atoms with Crippen LogP contribution in [0, 0.1) is 0 Å². The van der Waals surface area contributed by atoms with Crippen LogP contribution in [0.5, 0.6) is 0 Å². The van der Waals surface area contributed by atoms with Crippen LogP contribution in [-0.4, -0.2) is 29.9 Å². The Hall–Kier alpha value is -4.51. The fourth-order valence-electron chi connectivity index (χ4n) is 4.53. The third-order valence-corrected chi connectivity index (χ3v) is 6.37. The Morgan fingerprint density at radius 3 is 1.75 bits per heavy atom. The van der Waals surface area contributed by atoms with Crippen molar-refractivity contribution in [3.05, 3.63) is 126 Å². The van der Waals surface area contributed by atoms with Crippen LogP contribution in [0.2, 0.25) is 0 Å². The summed E-state index contributed by atoms with van der Waals surface area (Å²) in [4.78, 5) is 29.6. The molecule has 178 valence electrons.